The van der Waals surface area contributed by atoms with Crippen molar-refractivity contribution in [3.63, 3.8) is 0 Å². The van der Waals surface area contributed by atoms with Gasteiger partial charge < -0.3 is 14.6 Å². The summed E-state index contributed by atoms with van der Waals surface area (Å²) in [6.45, 7) is 1.01. The summed E-state index contributed by atoms with van der Waals surface area (Å²) in [5, 5.41) is 10.8. The Morgan fingerprint density at radius 3 is 2.64 bits per heavy atom. The highest BCUT2D eigenvalue weighted by Gasteiger charge is 2.32. The summed E-state index contributed by atoms with van der Waals surface area (Å²) in [6, 6.07) is 15.3. The first kappa shape index (κ1) is 23.0. The molecule has 1 aromatic heterocycles. The third-order valence-corrected chi connectivity index (χ3v) is 6.86. The Balaban J connectivity index is 1.44. The molecule has 0 unspecified atom stereocenters. The maximum Gasteiger partial charge on any atom is 0.336 e. The number of methoxy groups -OCH3 is 1. The van der Waals surface area contributed by atoms with Crippen LogP contribution >= 0.6 is 22.9 Å². The van der Waals surface area contributed by atoms with Crippen LogP contribution in [0, 0.1) is 0 Å². The van der Waals surface area contributed by atoms with Crippen molar-refractivity contribution in [2.24, 2.45) is 0 Å². The average molecular weight is 484 g/mol. The minimum Gasteiger partial charge on any atom is -0.497 e. The third kappa shape index (κ3) is 5.45. The second-order valence-corrected chi connectivity index (χ2v) is 9.03. The SMILES string of the molecule is COc1ccc(/C=C/C(=O)Oc2cc3c(s2)CCN([C@H](C(=O)O)c2ccccc2Cl)C3)cc1. The Labute approximate surface area is 200 Å². The zero-order valence-corrected chi connectivity index (χ0v) is 19.4. The molecule has 6 nitrogen and oxygen atoms in total. The molecule has 0 spiro atoms. The zero-order chi connectivity index (χ0) is 23.4. The van der Waals surface area contributed by atoms with E-state index in [1.807, 2.05) is 35.2 Å². The molecule has 33 heavy (non-hydrogen) atoms. The van der Waals surface area contributed by atoms with Gasteiger partial charge in [0.05, 0.1) is 7.11 Å². The molecule has 1 atom stereocenters. The van der Waals surface area contributed by atoms with E-state index in [-0.39, 0.29) is 0 Å². The van der Waals surface area contributed by atoms with Crippen molar-refractivity contribution in [1.82, 2.24) is 4.90 Å². The van der Waals surface area contributed by atoms with Crippen molar-refractivity contribution in [3.8, 4) is 10.8 Å². The van der Waals surface area contributed by atoms with Crippen LogP contribution in [0.5, 0.6) is 10.8 Å². The topological polar surface area (TPSA) is 76.1 Å². The fraction of sp³-hybridized carbons (Fsp3) is 0.200. The first-order chi connectivity index (χ1) is 15.9. The van der Waals surface area contributed by atoms with Crippen LogP contribution in [0.1, 0.15) is 27.6 Å². The molecular formula is C25H22ClNO5S. The van der Waals surface area contributed by atoms with E-state index in [1.54, 1.807) is 37.5 Å². The first-order valence-corrected chi connectivity index (χ1v) is 11.5. The third-order valence-electron chi connectivity index (χ3n) is 5.40. The first-order valence-electron chi connectivity index (χ1n) is 10.3. The van der Waals surface area contributed by atoms with Gasteiger partial charge in [-0.05, 0) is 53.5 Å². The molecule has 4 rings (SSSR count). The molecule has 0 saturated heterocycles. The smallest absolute Gasteiger partial charge is 0.336 e. The summed E-state index contributed by atoms with van der Waals surface area (Å²) in [5.41, 5.74) is 2.39. The molecule has 2 heterocycles. The van der Waals surface area contributed by atoms with E-state index < -0.39 is 18.0 Å². The van der Waals surface area contributed by atoms with E-state index in [0.717, 1.165) is 21.8 Å². The number of esters is 1. The number of nitrogens with zero attached hydrogens (tertiary/aromatic N) is 1. The van der Waals surface area contributed by atoms with Crippen LogP contribution in [-0.4, -0.2) is 35.6 Å². The predicted octanol–water partition coefficient (Wildman–Crippen LogP) is 5.21. The van der Waals surface area contributed by atoms with Crippen LogP contribution in [0.15, 0.2) is 60.7 Å². The minimum atomic E-state index is -0.947. The molecule has 3 aromatic rings. The fourth-order valence-electron chi connectivity index (χ4n) is 3.79. The van der Waals surface area contributed by atoms with E-state index in [2.05, 4.69) is 0 Å². The van der Waals surface area contributed by atoms with Gasteiger partial charge in [-0.3, -0.25) is 9.69 Å². The highest BCUT2D eigenvalue weighted by molar-refractivity contribution is 7.14. The molecule has 1 aliphatic rings. The summed E-state index contributed by atoms with van der Waals surface area (Å²) >= 11 is 7.69. The van der Waals surface area contributed by atoms with Crippen molar-refractivity contribution in [3.05, 3.63) is 87.3 Å². The Morgan fingerprint density at radius 1 is 1.18 bits per heavy atom. The lowest BCUT2D eigenvalue weighted by Gasteiger charge is -2.32. The molecule has 2 aromatic carbocycles. The van der Waals surface area contributed by atoms with Gasteiger partial charge in [-0.1, -0.05) is 41.9 Å². The summed E-state index contributed by atoms with van der Waals surface area (Å²) in [4.78, 5) is 27.3. The molecule has 0 aliphatic carbocycles. The quantitative estimate of drug-likeness (QED) is 0.367. The molecule has 1 N–H and O–H groups in total. The number of fused-ring (bicyclic) bond motifs is 1. The number of hydrogen-bond donors (Lipinski definition) is 1. The Kier molecular flexibility index (Phi) is 7.13. The number of carbonyl (C=O) groups excluding carboxylic acids is 1. The van der Waals surface area contributed by atoms with Crippen LogP contribution in [0.2, 0.25) is 5.02 Å². The van der Waals surface area contributed by atoms with Gasteiger partial charge in [-0.2, -0.15) is 0 Å². The molecule has 0 saturated carbocycles. The van der Waals surface area contributed by atoms with Gasteiger partial charge in [-0.25, -0.2) is 4.79 Å². The predicted molar refractivity (Wildman–Crippen MR) is 128 cm³/mol. The Bertz CT molecular complexity index is 1190. The van der Waals surface area contributed by atoms with E-state index in [1.165, 1.54) is 17.4 Å². The van der Waals surface area contributed by atoms with Gasteiger partial charge in [-0.15, -0.1) is 11.3 Å². The molecule has 0 bridgehead atoms. The second-order valence-electron chi connectivity index (χ2n) is 7.52. The lowest BCUT2D eigenvalue weighted by molar-refractivity contribution is -0.144. The van der Waals surface area contributed by atoms with E-state index >= 15 is 0 Å². The number of carboxylic acids is 1. The second kappa shape index (κ2) is 10.2. The van der Waals surface area contributed by atoms with Crippen molar-refractivity contribution < 1.29 is 24.2 Å². The number of carbonyl (C=O) groups is 2. The van der Waals surface area contributed by atoms with Crippen LogP contribution in [-0.2, 0) is 22.6 Å². The molecule has 8 heteroatoms. The number of halogens is 1. The molecule has 170 valence electrons. The Hall–Kier alpha value is -3.13. The van der Waals surface area contributed by atoms with Gasteiger partial charge in [0, 0.05) is 29.1 Å². The van der Waals surface area contributed by atoms with Crippen LogP contribution < -0.4 is 9.47 Å². The highest BCUT2D eigenvalue weighted by Crippen LogP contribution is 2.37. The lowest BCUT2D eigenvalue weighted by Crippen LogP contribution is -2.37. The van der Waals surface area contributed by atoms with Gasteiger partial charge >= 0.3 is 11.9 Å². The fourth-order valence-corrected chi connectivity index (χ4v) is 5.05. The van der Waals surface area contributed by atoms with E-state index in [0.29, 0.717) is 35.2 Å². The van der Waals surface area contributed by atoms with Gasteiger partial charge in [0.25, 0.3) is 0 Å². The summed E-state index contributed by atoms with van der Waals surface area (Å²) in [5.74, 6) is -0.675. The Morgan fingerprint density at radius 2 is 1.94 bits per heavy atom. The average Bonchev–Trinajstić information content (AvgIpc) is 3.20. The largest absolute Gasteiger partial charge is 0.497 e. The summed E-state index contributed by atoms with van der Waals surface area (Å²) < 4.78 is 10.6. The molecule has 0 radical (unpaired) electrons. The number of aliphatic carboxylic acids is 1. The van der Waals surface area contributed by atoms with E-state index in [9.17, 15) is 14.7 Å². The standard InChI is InChI=1S/C25H22ClNO5S/c1-31-18-9-6-16(7-10-18)8-11-22(28)32-23-14-17-15-27(13-12-21(17)33-23)24(25(29)30)19-4-2-3-5-20(19)26/h2-11,14,24H,12-13,15H2,1H3,(H,29,30)/b11-8+/t24-/m0/s1. The number of benzene rings is 2. The van der Waals surface area contributed by atoms with Crippen molar-refractivity contribution in [1.29, 1.82) is 0 Å². The highest BCUT2D eigenvalue weighted by atomic mass is 35.5. The minimum absolute atomic E-state index is 0.430. The zero-order valence-electron chi connectivity index (χ0n) is 17.9. The van der Waals surface area contributed by atoms with Gasteiger partial charge in [0.2, 0.25) is 0 Å². The van der Waals surface area contributed by atoms with E-state index in [4.69, 9.17) is 21.1 Å². The van der Waals surface area contributed by atoms with Crippen molar-refractivity contribution in [2.45, 2.75) is 19.0 Å². The number of carboxylic acid groups (broad SMARTS) is 1. The molecule has 0 fully saturated rings. The normalized spacial score (nSPS) is 14.6. The maximum atomic E-state index is 12.3. The van der Waals surface area contributed by atoms with Crippen LogP contribution in [0.25, 0.3) is 6.08 Å². The van der Waals surface area contributed by atoms with Crippen molar-refractivity contribution in [2.75, 3.05) is 13.7 Å². The van der Waals surface area contributed by atoms with Crippen LogP contribution in [0.3, 0.4) is 0 Å². The van der Waals surface area contributed by atoms with Crippen LogP contribution in [0.4, 0.5) is 0 Å². The molecule has 1 aliphatic heterocycles. The number of ether oxygens (including phenoxy) is 2. The van der Waals surface area contributed by atoms with Gasteiger partial charge in [0.1, 0.15) is 11.8 Å². The van der Waals surface area contributed by atoms with Gasteiger partial charge in [0.15, 0.2) is 5.06 Å². The monoisotopic (exact) mass is 483 g/mol. The summed E-state index contributed by atoms with van der Waals surface area (Å²) in [7, 11) is 1.60. The number of rotatable bonds is 7. The summed E-state index contributed by atoms with van der Waals surface area (Å²) in [6.07, 6.45) is 3.73. The molecule has 0 amide bonds. The lowest BCUT2D eigenvalue weighted by atomic mass is 10.0. The van der Waals surface area contributed by atoms with Crippen molar-refractivity contribution >= 4 is 41.0 Å². The number of hydrogen-bond acceptors (Lipinski definition) is 6. The maximum absolute atomic E-state index is 12.3. The number of thiophene rings is 1. The molecular weight excluding hydrogens is 462 g/mol.